The van der Waals surface area contributed by atoms with Gasteiger partial charge in [0.1, 0.15) is 5.75 Å². The molecule has 0 radical (unpaired) electrons. The predicted molar refractivity (Wildman–Crippen MR) is 112 cm³/mol. The van der Waals surface area contributed by atoms with Gasteiger partial charge in [0, 0.05) is 17.4 Å². The van der Waals surface area contributed by atoms with Crippen LogP contribution in [0.25, 0.3) is 0 Å². The summed E-state index contributed by atoms with van der Waals surface area (Å²) in [6.45, 7) is 2.63. The van der Waals surface area contributed by atoms with Crippen molar-refractivity contribution in [3.8, 4) is 17.2 Å². The largest absolute Gasteiger partial charge is 0.497 e. The molecule has 0 fully saturated rings. The lowest BCUT2D eigenvalue weighted by molar-refractivity contribution is -0.119. The van der Waals surface area contributed by atoms with E-state index in [1.54, 1.807) is 61.6 Å². The van der Waals surface area contributed by atoms with Gasteiger partial charge in [-0.15, -0.1) is 0 Å². The van der Waals surface area contributed by atoms with Gasteiger partial charge in [0.05, 0.1) is 34.4 Å². The highest BCUT2D eigenvalue weighted by atomic mass is 16.5. The molecule has 0 saturated heterocycles. The molecule has 2 aromatic carbocycles. The van der Waals surface area contributed by atoms with E-state index in [0.29, 0.717) is 35.2 Å². The first-order valence-electron chi connectivity index (χ1n) is 9.17. The number of rotatable bonds is 10. The number of hydrogen-bond acceptors (Lipinski definition) is 6. The molecule has 8 nitrogen and oxygen atoms in total. The van der Waals surface area contributed by atoms with E-state index in [2.05, 4.69) is 10.6 Å². The molecule has 29 heavy (non-hydrogen) atoms. The highest BCUT2D eigenvalue weighted by Gasteiger charge is 2.14. The van der Waals surface area contributed by atoms with Crippen LogP contribution in [0.3, 0.4) is 0 Å². The predicted octanol–water partition coefficient (Wildman–Crippen LogP) is 2.61. The number of nitrogens with zero attached hydrogens (tertiary/aromatic N) is 1. The number of methoxy groups -OCH3 is 3. The van der Waals surface area contributed by atoms with E-state index in [9.17, 15) is 9.59 Å². The van der Waals surface area contributed by atoms with Crippen LogP contribution in [-0.4, -0.2) is 57.7 Å². The van der Waals surface area contributed by atoms with Gasteiger partial charge in [0.15, 0.2) is 11.5 Å². The number of likely N-dealkylation sites (N-methyl/N-ethyl adjacent to an activating group) is 1. The standard InChI is InChI=1S/C21H27N3O5/c1-5-24(13-20(25)22-15-6-9-17(27-2)10-7-15)14-21(26)23-16-8-11-18(28-3)19(12-16)29-4/h6-12H,5,13-14H2,1-4H3,(H,22,25)(H,23,26). The molecule has 156 valence electrons. The Bertz CT molecular complexity index is 824. The summed E-state index contributed by atoms with van der Waals surface area (Å²) in [5.41, 5.74) is 1.26. The first kappa shape index (κ1) is 22.0. The molecule has 0 aliphatic rings. The summed E-state index contributed by atoms with van der Waals surface area (Å²) >= 11 is 0. The van der Waals surface area contributed by atoms with Crippen molar-refractivity contribution in [1.29, 1.82) is 0 Å². The molecule has 0 aliphatic heterocycles. The van der Waals surface area contributed by atoms with Crippen molar-refractivity contribution in [2.75, 3.05) is 51.6 Å². The fourth-order valence-corrected chi connectivity index (χ4v) is 2.68. The van der Waals surface area contributed by atoms with Crippen molar-refractivity contribution in [2.45, 2.75) is 6.92 Å². The highest BCUT2D eigenvalue weighted by Crippen LogP contribution is 2.29. The van der Waals surface area contributed by atoms with Crippen LogP contribution in [0, 0.1) is 0 Å². The summed E-state index contributed by atoms with van der Waals surface area (Å²) in [5.74, 6) is 1.39. The summed E-state index contributed by atoms with van der Waals surface area (Å²) in [5, 5.41) is 5.62. The summed E-state index contributed by atoms with van der Waals surface area (Å²) < 4.78 is 15.5. The minimum absolute atomic E-state index is 0.0842. The van der Waals surface area contributed by atoms with Crippen molar-refractivity contribution in [1.82, 2.24) is 4.90 Å². The van der Waals surface area contributed by atoms with Crippen LogP contribution < -0.4 is 24.8 Å². The molecule has 0 atom stereocenters. The van der Waals surface area contributed by atoms with Gasteiger partial charge >= 0.3 is 0 Å². The summed E-state index contributed by atoms with van der Waals surface area (Å²) in [7, 11) is 4.66. The Morgan fingerprint density at radius 2 is 1.34 bits per heavy atom. The van der Waals surface area contributed by atoms with Crippen molar-refractivity contribution in [3.63, 3.8) is 0 Å². The van der Waals surface area contributed by atoms with Crippen LogP contribution >= 0.6 is 0 Å². The fourth-order valence-electron chi connectivity index (χ4n) is 2.68. The summed E-state index contributed by atoms with van der Waals surface area (Å²) in [6, 6.07) is 12.2. The number of anilines is 2. The van der Waals surface area contributed by atoms with Gasteiger partial charge in [-0.25, -0.2) is 0 Å². The van der Waals surface area contributed by atoms with Crippen LogP contribution in [-0.2, 0) is 9.59 Å². The van der Waals surface area contributed by atoms with Crippen LogP contribution in [0.1, 0.15) is 6.92 Å². The molecule has 2 rings (SSSR count). The van der Waals surface area contributed by atoms with Gasteiger partial charge in [0.25, 0.3) is 0 Å². The number of hydrogen-bond donors (Lipinski definition) is 2. The average molecular weight is 401 g/mol. The first-order chi connectivity index (χ1) is 14.0. The molecule has 0 aromatic heterocycles. The molecule has 0 heterocycles. The number of benzene rings is 2. The van der Waals surface area contributed by atoms with E-state index in [1.807, 2.05) is 6.92 Å². The van der Waals surface area contributed by atoms with E-state index in [4.69, 9.17) is 14.2 Å². The molecule has 0 saturated carbocycles. The minimum atomic E-state index is -0.226. The molecule has 2 amide bonds. The van der Waals surface area contributed by atoms with E-state index >= 15 is 0 Å². The van der Waals surface area contributed by atoms with Gasteiger partial charge in [0.2, 0.25) is 11.8 Å². The zero-order valence-corrected chi connectivity index (χ0v) is 17.2. The van der Waals surface area contributed by atoms with Gasteiger partial charge in [-0.2, -0.15) is 0 Å². The first-order valence-corrected chi connectivity index (χ1v) is 9.17. The van der Waals surface area contributed by atoms with Gasteiger partial charge in [-0.05, 0) is 42.9 Å². The lowest BCUT2D eigenvalue weighted by Crippen LogP contribution is -2.38. The van der Waals surface area contributed by atoms with Crippen molar-refractivity contribution in [2.24, 2.45) is 0 Å². The van der Waals surface area contributed by atoms with E-state index in [0.717, 1.165) is 0 Å². The second-order valence-corrected chi connectivity index (χ2v) is 6.20. The zero-order valence-electron chi connectivity index (χ0n) is 17.2. The van der Waals surface area contributed by atoms with Gasteiger partial charge in [-0.3, -0.25) is 14.5 Å². The van der Waals surface area contributed by atoms with Gasteiger partial charge in [-0.1, -0.05) is 6.92 Å². The Morgan fingerprint density at radius 3 is 1.86 bits per heavy atom. The van der Waals surface area contributed by atoms with Crippen molar-refractivity contribution >= 4 is 23.2 Å². The Hall–Kier alpha value is -3.26. The van der Waals surface area contributed by atoms with Crippen molar-refractivity contribution in [3.05, 3.63) is 42.5 Å². The fraction of sp³-hybridized carbons (Fsp3) is 0.333. The molecule has 8 heteroatoms. The van der Waals surface area contributed by atoms with E-state index in [1.165, 1.54) is 7.11 Å². The zero-order chi connectivity index (χ0) is 21.2. The smallest absolute Gasteiger partial charge is 0.238 e. The normalized spacial score (nSPS) is 10.4. The van der Waals surface area contributed by atoms with E-state index < -0.39 is 0 Å². The molecule has 0 spiro atoms. The van der Waals surface area contributed by atoms with Crippen LogP contribution in [0.4, 0.5) is 11.4 Å². The molecule has 0 aliphatic carbocycles. The third-order valence-electron chi connectivity index (χ3n) is 4.22. The Kier molecular flexibility index (Phi) is 8.29. The lowest BCUT2D eigenvalue weighted by Gasteiger charge is -2.19. The Morgan fingerprint density at radius 1 is 0.793 bits per heavy atom. The molecule has 2 N–H and O–H groups in total. The topological polar surface area (TPSA) is 89.1 Å². The second-order valence-electron chi connectivity index (χ2n) is 6.20. The monoisotopic (exact) mass is 401 g/mol. The molecule has 0 bridgehead atoms. The Labute approximate surface area is 170 Å². The second kappa shape index (κ2) is 10.9. The number of nitrogens with one attached hydrogen (secondary N) is 2. The minimum Gasteiger partial charge on any atom is -0.497 e. The summed E-state index contributed by atoms with van der Waals surface area (Å²) in [4.78, 5) is 26.4. The third-order valence-corrected chi connectivity index (χ3v) is 4.22. The Balaban J connectivity index is 1.89. The highest BCUT2D eigenvalue weighted by molar-refractivity contribution is 5.94. The number of carbonyl (C=O) groups excluding carboxylic acids is 2. The molecular weight excluding hydrogens is 374 g/mol. The van der Waals surface area contributed by atoms with Crippen molar-refractivity contribution < 1.29 is 23.8 Å². The number of ether oxygens (including phenoxy) is 3. The van der Waals surface area contributed by atoms with Crippen LogP contribution in [0.5, 0.6) is 17.2 Å². The molecule has 2 aromatic rings. The lowest BCUT2D eigenvalue weighted by atomic mass is 10.2. The van der Waals surface area contributed by atoms with Crippen LogP contribution in [0.15, 0.2) is 42.5 Å². The maximum atomic E-state index is 12.4. The maximum absolute atomic E-state index is 12.4. The van der Waals surface area contributed by atoms with Gasteiger partial charge < -0.3 is 24.8 Å². The van der Waals surface area contributed by atoms with Crippen LogP contribution in [0.2, 0.25) is 0 Å². The molecular formula is C21H27N3O5. The quantitative estimate of drug-likeness (QED) is 0.636. The number of carbonyl (C=O) groups is 2. The van der Waals surface area contributed by atoms with E-state index in [-0.39, 0.29) is 24.9 Å². The number of amides is 2. The average Bonchev–Trinajstić information content (AvgIpc) is 2.73. The summed E-state index contributed by atoms with van der Waals surface area (Å²) in [6.07, 6.45) is 0. The molecule has 0 unspecified atom stereocenters. The SMILES string of the molecule is CCN(CC(=O)Nc1ccc(OC)cc1)CC(=O)Nc1ccc(OC)c(OC)c1. The maximum Gasteiger partial charge on any atom is 0.238 e. The third kappa shape index (κ3) is 6.69.